The second-order valence-corrected chi connectivity index (χ2v) is 4.75. The highest BCUT2D eigenvalue weighted by molar-refractivity contribution is 7.99. The maximum absolute atomic E-state index is 13.0. The summed E-state index contributed by atoms with van der Waals surface area (Å²) in [7, 11) is 0. The van der Waals surface area contributed by atoms with Gasteiger partial charge in [-0.05, 0) is 12.5 Å². The van der Waals surface area contributed by atoms with Crippen molar-refractivity contribution in [3.05, 3.63) is 34.1 Å². The van der Waals surface area contributed by atoms with Crippen LogP contribution in [0.4, 0.5) is 10.1 Å². The van der Waals surface area contributed by atoms with Crippen LogP contribution >= 0.6 is 11.8 Å². The third-order valence-electron chi connectivity index (χ3n) is 1.98. The highest BCUT2D eigenvalue weighted by Gasteiger charge is 2.11. The van der Waals surface area contributed by atoms with E-state index in [0.717, 1.165) is 12.5 Å². The molecule has 0 radical (unpaired) electrons. The third kappa shape index (κ3) is 3.51. The molecule has 1 aromatic rings. The predicted octanol–water partition coefficient (Wildman–Crippen LogP) is 3.62. The summed E-state index contributed by atoms with van der Waals surface area (Å²) in [4.78, 5) is 10.5. The van der Waals surface area contributed by atoms with Crippen LogP contribution < -0.4 is 0 Å². The number of rotatable bonds is 4. The van der Waals surface area contributed by atoms with Crippen molar-refractivity contribution in [3.8, 4) is 0 Å². The second kappa shape index (κ2) is 5.11. The van der Waals surface area contributed by atoms with Crippen LogP contribution in [0.1, 0.15) is 20.3 Å². The van der Waals surface area contributed by atoms with E-state index in [1.165, 1.54) is 23.9 Å². The highest BCUT2D eigenvalue weighted by atomic mass is 32.2. The van der Waals surface area contributed by atoms with Gasteiger partial charge in [0.25, 0.3) is 5.69 Å². The van der Waals surface area contributed by atoms with Crippen molar-refractivity contribution in [2.75, 3.05) is 0 Å². The summed E-state index contributed by atoms with van der Waals surface area (Å²) < 4.78 is 13.0. The van der Waals surface area contributed by atoms with Gasteiger partial charge in [-0.25, -0.2) is 4.39 Å². The smallest absolute Gasteiger partial charge is 0.258 e. The Bertz CT molecular complexity index is 370. The summed E-state index contributed by atoms with van der Waals surface area (Å²) in [5.41, 5.74) is -0.194. The van der Waals surface area contributed by atoms with E-state index in [-0.39, 0.29) is 5.69 Å². The molecule has 1 unspecified atom stereocenters. The molecule has 1 rings (SSSR count). The van der Waals surface area contributed by atoms with E-state index in [9.17, 15) is 14.5 Å². The van der Waals surface area contributed by atoms with Gasteiger partial charge in [0.15, 0.2) is 0 Å². The lowest BCUT2D eigenvalue weighted by molar-refractivity contribution is -0.385. The fourth-order valence-electron chi connectivity index (χ4n) is 1.04. The molecule has 0 heterocycles. The largest absolute Gasteiger partial charge is 0.273 e. The summed E-state index contributed by atoms with van der Waals surface area (Å²) in [6, 6.07) is 3.66. The van der Waals surface area contributed by atoms with Crippen molar-refractivity contribution in [2.24, 2.45) is 0 Å². The molecule has 82 valence electrons. The molecule has 5 heteroatoms. The number of thioether (sulfide) groups is 1. The molecule has 0 aromatic heterocycles. The van der Waals surface area contributed by atoms with Gasteiger partial charge in [0.2, 0.25) is 0 Å². The van der Waals surface area contributed by atoms with Gasteiger partial charge < -0.3 is 0 Å². The molecule has 1 atom stereocenters. The zero-order valence-electron chi connectivity index (χ0n) is 8.57. The molecule has 0 bridgehead atoms. The molecule has 0 spiro atoms. The number of nitro benzene ring substituents is 1. The van der Waals surface area contributed by atoms with Gasteiger partial charge in [-0.15, -0.1) is 11.8 Å². The number of hydrogen-bond donors (Lipinski definition) is 0. The number of nitrogens with zero attached hydrogens (tertiary/aromatic N) is 1. The van der Waals surface area contributed by atoms with E-state index in [2.05, 4.69) is 0 Å². The Balaban J connectivity index is 2.93. The fraction of sp³-hybridized carbons (Fsp3) is 0.400. The molecule has 0 fully saturated rings. The minimum atomic E-state index is -0.580. The van der Waals surface area contributed by atoms with Crippen molar-refractivity contribution < 1.29 is 9.31 Å². The van der Waals surface area contributed by atoms with Crippen LogP contribution in [0.25, 0.3) is 0 Å². The molecule has 0 aliphatic heterocycles. The van der Waals surface area contributed by atoms with Crippen molar-refractivity contribution in [1.82, 2.24) is 0 Å². The molecule has 0 saturated heterocycles. The molecule has 0 amide bonds. The quantitative estimate of drug-likeness (QED) is 0.450. The van der Waals surface area contributed by atoms with Gasteiger partial charge in [-0.2, -0.15) is 0 Å². The average molecular weight is 229 g/mol. The number of hydrogen-bond acceptors (Lipinski definition) is 3. The Labute approximate surface area is 91.8 Å². The number of nitro groups is 1. The maximum Gasteiger partial charge on any atom is 0.273 e. The summed E-state index contributed by atoms with van der Waals surface area (Å²) in [6.07, 6.45) is 0.939. The van der Waals surface area contributed by atoms with Crippen LogP contribution in [0.3, 0.4) is 0 Å². The maximum atomic E-state index is 13.0. The minimum Gasteiger partial charge on any atom is -0.258 e. The summed E-state index contributed by atoms with van der Waals surface area (Å²) in [5.74, 6) is -0.560. The molecule has 0 aliphatic carbocycles. The first-order chi connectivity index (χ1) is 7.02. The fourth-order valence-corrected chi connectivity index (χ4v) is 2.04. The monoisotopic (exact) mass is 229 g/mol. The van der Waals surface area contributed by atoms with E-state index in [1.54, 1.807) is 0 Å². The van der Waals surface area contributed by atoms with Crippen LogP contribution in [-0.2, 0) is 0 Å². The lowest BCUT2D eigenvalue weighted by atomic mass is 10.3. The first-order valence-electron chi connectivity index (χ1n) is 4.64. The van der Waals surface area contributed by atoms with Gasteiger partial charge in [-0.1, -0.05) is 13.8 Å². The molecule has 3 nitrogen and oxygen atoms in total. The van der Waals surface area contributed by atoms with Crippen LogP contribution in [0.5, 0.6) is 0 Å². The Morgan fingerprint density at radius 1 is 1.53 bits per heavy atom. The molecular weight excluding hydrogens is 217 g/mol. The van der Waals surface area contributed by atoms with Gasteiger partial charge >= 0.3 is 0 Å². The Kier molecular flexibility index (Phi) is 4.08. The predicted molar refractivity (Wildman–Crippen MR) is 58.7 cm³/mol. The third-order valence-corrected chi connectivity index (χ3v) is 3.22. The van der Waals surface area contributed by atoms with Crippen molar-refractivity contribution in [1.29, 1.82) is 0 Å². The van der Waals surface area contributed by atoms with Crippen molar-refractivity contribution in [2.45, 2.75) is 30.4 Å². The molecule has 0 saturated carbocycles. The van der Waals surface area contributed by atoms with E-state index in [0.29, 0.717) is 10.1 Å². The van der Waals surface area contributed by atoms with Crippen LogP contribution in [-0.4, -0.2) is 10.2 Å². The first kappa shape index (κ1) is 12.0. The standard InChI is InChI=1S/C10H12FNO2S/c1-3-7(2)15-10-5-8(11)4-9(6-10)12(13)14/h4-7H,3H2,1-2H3. The average Bonchev–Trinajstić information content (AvgIpc) is 2.16. The van der Waals surface area contributed by atoms with E-state index < -0.39 is 10.7 Å². The lowest BCUT2D eigenvalue weighted by Crippen LogP contribution is -1.94. The molecule has 15 heavy (non-hydrogen) atoms. The zero-order chi connectivity index (χ0) is 11.4. The SMILES string of the molecule is CCC(C)Sc1cc(F)cc([N+](=O)[O-])c1. The molecule has 1 aromatic carbocycles. The van der Waals surface area contributed by atoms with Crippen LogP contribution in [0.15, 0.2) is 23.1 Å². The molecule has 0 aliphatic rings. The summed E-state index contributed by atoms with van der Waals surface area (Å²) >= 11 is 1.44. The normalized spacial score (nSPS) is 12.5. The van der Waals surface area contributed by atoms with Gasteiger partial charge in [0.05, 0.1) is 11.0 Å². The molecular formula is C10H12FNO2S. The number of non-ortho nitro benzene ring substituents is 1. The van der Waals surface area contributed by atoms with Gasteiger partial charge in [0, 0.05) is 16.2 Å². The summed E-state index contributed by atoms with van der Waals surface area (Å²) in [6.45, 7) is 4.02. The minimum absolute atomic E-state index is 0.194. The van der Waals surface area contributed by atoms with E-state index >= 15 is 0 Å². The van der Waals surface area contributed by atoms with Crippen LogP contribution in [0.2, 0.25) is 0 Å². The topological polar surface area (TPSA) is 43.1 Å². The lowest BCUT2D eigenvalue weighted by Gasteiger charge is -2.07. The Morgan fingerprint density at radius 3 is 2.73 bits per heavy atom. The van der Waals surface area contributed by atoms with E-state index in [4.69, 9.17) is 0 Å². The number of benzene rings is 1. The Morgan fingerprint density at radius 2 is 2.20 bits per heavy atom. The highest BCUT2D eigenvalue weighted by Crippen LogP contribution is 2.28. The summed E-state index contributed by atoms with van der Waals surface area (Å²) in [5, 5.41) is 10.8. The Hall–Kier alpha value is -1.10. The van der Waals surface area contributed by atoms with E-state index in [1.807, 2.05) is 13.8 Å². The number of halogens is 1. The second-order valence-electron chi connectivity index (χ2n) is 3.24. The molecule has 0 N–H and O–H groups in total. The zero-order valence-corrected chi connectivity index (χ0v) is 9.38. The van der Waals surface area contributed by atoms with Gasteiger partial charge in [-0.3, -0.25) is 10.1 Å². The van der Waals surface area contributed by atoms with Crippen LogP contribution in [0, 0.1) is 15.9 Å². The van der Waals surface area contributed by atoms with Crippen molar-refractivity contribution >= 4 is 17.4 Å². The first-order valence-corrected chi connectivity index (χ1v) is 5.52. The van der Waals surface area contributed by atoms with Gasteiger partial charge in [0.1, 0.15) is 5.82 Å². The van der Waals surface area contributed by atoms with Crippen molar-refractivity contribution in [3.63, 3.8) is 0 Å².